The van der Waals surface area contributed by atoms with Crippen LogP contribution in [0.2, 0.25) is 0 Å². The number of allylic oxidation sites excluding steroid dienone is 2. The third kappa shape index (κ3) is 4.59. The van der Waals surface area contributed by atoms with E-state index >= 15 is 0 Å². The van der Waals surface area contributed by atoms with Crippen LogP contribution in [0.25, 0.3) is 0 Å². The Labute approximate surface area is 274 Å². The summed E-state index contributed by atoms with van der Waals surface area (Å²) in [4.78, 5) is 30.2. The highest BCUT2D eigenvalue weighted by Crippen LogP contribution is 2.63. The highest BCUT2D eigenvalue weighted by atomic mass is 17.3. The van der Waals surface area contributed by atoms with Crippen LogP contribution < -0.4 is 0 Å². The van der Waals surface area contributed by atoms with E-state index in [-0.39, 0.29) is 35.9 Å². The lowest BCUT2D eigenvalue weighted by atomic mass is 9.56. The number of hydrogen-bond acceptors (Lipinski definition) is 9. The molecule has 4 bridgehead atoms. The van der Waals surface area contributed by atoms with Crippen LogP contribution in [0, 0.1) is 47.3 Å². The van der Waals surface area contributed by atoms with Crippen LogP contribution in [0.5, 0.6) is 0 Å². The topological polar surface area (TPSA) is 86.2 Å². The molecule has 10 fully saturated rings. The first-order valence-electron chi connectivity index (χ1n) is 18.2. The van der Waals surface area contributed by atoms with Crippen molar-refractivity contribution < 1.29 is 38.5 Å². The summed E-state index contributed by atoms with van der Waals surface area (Å²) in [6.07, 6.45) is 11.1. The van der Waals surface area contributed by atoms with Crippen LogP contribution in [0.15, 0.2) is 29.4 Å². The van der Waals surface area contributed by atoms with Crippen LogP contribution in [-0.2, 0) is 38.5 Å². The normalized spacial score (nSPS) is 56.2. The third-order valence-electron chi connectivity index (χ3n) is 13.8. The predicted molar refractivity (Wildman–Crippen MR) is 170 cm³/mol. The smallest absolute Gasteiger partial charge is 0.201 e. The molecule has 9 heteroatoms. The lowest BCUT2D eigenvalue weighted by Crippen LogP contribution is -2.71. The Morgan fingerprint density at radius 2 is 1.26 bits per heavy atom. The van der Waals surface area contributed by atoms with Gasteiger partial charge >= 0.3 is 0 Å². The second kappa shape index (κ2) is 11.2. The van der Waals surface area contributed by atoms with Gasteiger partial charge in [-0.05, 0) is 101 Å². The minimum Gasteiger partial charge on any atom is -0.345 e. The summed E-state index contributed by atoms with van der Waals surface area (Å²) in [7, 11) is 0. The summed E-state index contributed by atoms with van der Waals surface area (Å²) in [6, 6.07) is 0. The second-order valence-corrected chi connectivity index (χ2v) is 16.6. The molecule has 46 heavy (non-hydrogen) atoms. The first kappa shape index (κ1) is 32.1. The van der Waals surface area contributed by atoms with E-state index in [1.807, 2.05) is 32.9 Å². The van der Waals surface area contributed by atoms with Crippen molar-refractivity contribution in [1.29, 1.82) is 0 Å². The van der Waals surface area contributed by atoms with Gasteiger partial charge < -0.3 is 18.9 Å². The Morgan fingerprint density at radius 1 is 0.717 bits per heavy atom. The number of rotatable bonds is 5. The zero-order valence-corrected chi connectivity index (χ0v) is 28.9. The molecule has 0 aromatic rings. The number of aliphatic imine (C=N–C) groups is 1. The van der Waals surface area contributed by atoms with Gasteiger partial charge in [-0.1, -0.05) is 40.3 Å². The predicted octanol–water partition coefficient (Wildman–Crippen LogP) is 7.41. The fourth-order valence-corrected chi connectivity index (χ4v) is 11.3. The van der Waals surface area contributed by atoms with Crippen LogP contribution in [0.3, 0.4) is 0 Å². The van der Waals surface area contributed by atoms with Crippen molar-refractivity contribution in [3.8, 4) is 0 Å². The monoisotopic (exact) mass is 641 g/mol. The quantitative estimate of drug-likeness (QED) is 0.174. The molecule has 0 aromatic heterocycles. The summed E-state index contributed by atoms with van der Waals surface area (Å²) in [5.41, 5.74) is 0.444. The zero-order valence-electron chi connectivity index (χ0n) is 28.9. The van der Waals surface area contributed by atoms with E-state index in [4.69, 9.17) is 43.5 Å². The van der Waals surface area contributed by atoms with Crippen molar-refractivity contribution in [1.82, 2.24) is 0 Å². The molecule has 8 heterocycles. The summed E-state index contributed by atoms with van der Waals surface area (Å²) in [6.45, 7) is 19.6. The largest absolute Gasteiger partial charge is 0.345 e. The average Bonchev–Trinajstić information content (AvgIpc) is 3.39. The highest BCUT2D eigenvalue weighted by Gasteiger charge is 2.71. The van der Waals surface area contributed by atoms with Crippen molar-refractivity contribution in [3.05, 3.63) is 24.4 Å². The van der Waals surface area contributed by atoms with Crippen molar-refractivity contribution in [2.75, 3.05) is 0 Å². The average molecular weight is 642 g/mol. The van der Waals surface area contributed by atoms with Crippen molar-refractivity contribution in [3.63, 3.8) is 0 Å². The summed E-state index contributed by atoms with van der Waals surface area (Å²) >= 11 is 0. The first-order valence-corrected chi connectivity index (χ1v) is 18.2. The zero-order chi connectivity index (χ0) is 32.2. The van der Waals surface area contributed by atoms with Crippen molar-refractivity contribution in [2.45, 2.75) is 154 Å². The molecule has 256 valence electrons. The van der Waals surface area contributed by atoms with Crippen LogP contribution >= 0.6 is 0 Å². The van der Waals surface area contributed by atoms with Crippen molar-refractivity contribution in [2.24, 2.45) is 52.3 Å². The van der Waals surface area contributed by atoms with E-state index in [1.165, 1.54) is 6.42 Å². The third-order valence-corrected chi connectivity index (χ3v) is 13.8. The Bertz CT molecular complexity index is 1290. The van der Waals surface area contributed by atoms with E-state index < -0.39 is 35.4 Å². The van der Waals surface area contributed by atoms with Gasteiger partial charge in [0.2, 0.25) is 11.6 Å². The molecule has 2 saturated carbocycles. The lowest BCUT2D eigenvalue weighted by Gasteiger charge is -2.61. The number of fused-ring (bicyclic) bond motifs is 4. The van der Waals surface area contributed by atoms with Gasteiger partial charge in [0.25, 0.3) is 0 Å². The fourth-order valence-electron chi connectivity index (χ4n) is 11.3. The maximum Gasteiger partial charge on any atom is 0.201 e. The van der Waals surface area contributed by atoms with Gasteiger partial charge in [0, 0.05) is 31.1 Å². The van der Waals surface area contributed by atoms with Crippen LogP contribution in [0.4, 0.5) is 0 Å². The van der Waals surface area contributed by atoms with Gasteiger partial charge in [-0.2, -0.15) is 0 Å². The SMILES string of the molecule is C=C(/C=C\C)/N=C(/C[C@H]1O[C@@H]2O[C@]3(C)CC[C@H]4[C@H](C)CC[C@@H]([C@H]1C)[C@@]24OO3)[C@H]1O[C@@H]2O[C@]3(C)CC[C@H]4[C@H](C)CC[C@@H]([C@H]1C)[C@@]24OO3. The minimum atomic E-state index is -0.827. The fraction of sp³-hybridized carbons (Fsp3) is 0.865. The molecule has 0 unspecified atom stereocenters. The van der Waals surface area contributed by atoms with Crippen molar-refractivity contribution >= 4 is 5.71 Å². The standard InChI is InChI=1S/C37H55NO8/c1-9-10-22(4)38-29(31-24(6)28-14-12-21(3)26-16-18-35(8)42-33(40-31)37(26,28)46-44-35)19-30-23(5)27-13-11-20(2)25-15-17-34(7)41-32(39-30)36(25,27)45-43-34/h9-10,20-21,23-28,30-33H,4,11-19H2,1-3,5-8H3/b10-9-,38-29-/t20-,21-,23-,24-,25+,26+,27+,28+,30-,31+,32-,33-,34+,35+,36-,37-/m1/s1. The Morgan fingerprint density at radius 3 is 1.83 bits per heavy atom. The molecular formula is C37H55NO8. The van der Waals surface area contributed by atoms with Gasteiger partial charge in [0.05, 0.1) is 17.5 Å². The molecule has 0 radical (unpaired) electrons. The molecule has 0 amide bonds. The first-order chi connectivity index (χ1) is 21.9. The molecule has 16 atom stereocenters. The van der Waals surface area contributed by atoms with Crippen LogP contribution in [-0.4, -0.2) is 53.3 Å². The molecule has 2 spiro atoms. The molecule has 8 saturated heterocycles. The minimum absolute atomic E-state index is 0.129. The van der Waals surface area contributed by atoms with E-state index in [0.29, 0.717) is 35.8 Å². The molecular weight excluding hydrogens is 586 g/mol. The van der Waals surface area contributed by atoms with E-state index in [9.17, 15) is 0 Å². The molecule has 9 nitrogen and oxygen atoms in total. The summed E-state index contributed by atoms with van der Waals surface area (Å²) in [5, 5.41) is 0. The molecule has 10 rings (SSSR count). The molecule has 8 aliphatic heterocycles. The van der Waals surface area contributed by atoms with E-state index in [1.54, 1.807) is 0 Å². The number of ether oxygens (including phenoxy) is 4. The maximum absolute atomic E-state index is 7.11. The maximum atomic E-state index is 7.11. The van der Waals surface area contributed by atoms with Gasteiger partial charge in [0.1, 0.15) is 6.10 Å². The van der Waals surface area contributed by atoms with Gasteiger partial charge in [-0.25, -0.2) is 19.6 Å². The molecule has 0 aromatic carbocycles. The molecule has 2 aliphatic carbocycles. The summed E-state index contributed by atoms with van der Waals surface area (Å²) < 4.78 is 27.6. The lowest BCUT2D eigenvalue weighted by molar-refractivity contribution is -0.571. The van der Waals surface area contributed by atoms with E-state index in [2.05, 4.69) is 34.3 Å². The molecule has 0 N–H and O–H groups in total. The number of hydrogen-bond donors (Lipinski definition) is 0. The highest BCUT2D eigenvalue weighted by molar-refractivity contribution is 5.90. The Kier molecular flexibility index (Phi) is 7.79. The van der Waals surface area contributed by atoms with E-state index in [0.717, 1.165) is 50.7 Å². The Hall–Kier alpha value is -1.17. The Balaban J connectivity index is 1.14. The summed E-state index contributed by atoms with van der Waals surface area (Å²) in [5.74, 6) is 0.830. The molecule has 10 aliphatic rings. The van der Waals surface area contributed by atoms with Crippen LogP contribution in [0.1, 0.15) is 106 Å². The van der Waals surface area contributed by atoms with Gasteiger partial charge in [-0.15, -0.1) is 0 Å². The second-order valence-electron chi connectivity index (χ2n) is 16.6. The van der Waals surface area contributed by atoms with Gasteiger partial charge in [-0.3, -0.25) is 4.99 Å². The number of nitrogens with zero attached hydrogens (tertiary/aromatic N) is 1. The van der Waals surface area contributed by atoms with Gasteiger partial charge in [0.15, 0.2) is 23.8 Å².